The molecular formula is C16H17N3O2. The molecule has 1 aromatic carbocycles. The lowest BCUT2D eigenvalue weighted by Gasteiger charge is -2.25. The van der Waals surface area contributed by atoms with Gasteiger partial charge in [-0.15, -0.1) is 0 Å². The molecule has 0 aliphatic heterocycles. The molecule has 1 fully saturated rings. The fourth-order valence-electron chi connectivity index (χ4n) is 2.97. The summed E-state index contributed by atoms with van der Waals surface area (Å²) in [6, 6.07) is 4.74. The van der Waals surface area contributed by atoms with Gasteiger partial charge in [-0.1, -0.05) is 18.2 Å². The van der Waals surface area contributed by atoms with Gasteiger partial charge in [0.15, 0.2) is 5.78 Å². The lowest BCUT2D eigenvalue weighted by molar-refractivity contribution is -0.122. The third-order valence-electron chi connectivity index (χ3n) is 4.02. The zero-order valence-corrected chi connectivity index (χ0v) is 11.9. The molecule has 0 amide bonds. The summed E-state index contributed by atoms with van der Waals surface area (Å²) in [6.07, 6.45) is 1.68. The zero-order valence-electron chi connectivity index (χ0n) is 11.9. The SMILES string of the molecule is C=C1CCC(n2c(C)nc3cccc(N)c3c2=O)C(=O)C1. The first-order valence-corrected chi connectivity index (χ1v) is 6.95. The summed E-state index contributed by atoms with van der Waals surface area (Å²) in [7, 11) is 0. The third kappa shape index (κ3) is 2.14. The quantitative estimate of drug-likeness (QED) is 0.642. The van der Waals surface area contributed by atoms with E-state index in [4.69, 9.17) is 5.73 Å². The molecule has 108 valence electrons. The van der Waals surface area contributed by atoms with E-state index in [1.807, 2.05) is 0 Å². The van der Waals surface area contributed by atoms with E-state index >= 15 is 0 Å². The molecule has 0 bridgehead atoms. The molecule has 1 heterocycles. The van der Waals surface area contributed by atoms with Gasteiger partial charge in [0.2, 0.25) is 0 Å². The van der Waals surface area contributed by atoms with E-state index in [9.17, 15) is 9.59 Å². The fraction of sp³-hybridized carbons (Fsp3) is 0.312. The maximum absolute atomic E-state index is 12.8. The Morgan fingerprint density at radius 1 is 1.38 bits per heavy atom. The summed E-state index contributed by atoms with van der Waals surface area (Å²) in [5, 5.41) is 0.389. The highest BCUT2D eigenvalue weighted by atomic mass is 16.1. The van der Waals surface area contributed by atoms with Crippen LogP contribution in [0.15, 0.2) is 35.1 Å². The number of fused-ring (bicyclic) bond motifs is 1. The van der Waals surface area contributed by atoms with Gasteiger partial charge in [-0.3, -0.25) is 14.2 Å². The van der Waals surface area contributed by atoms with E-state index < -0.39 is 6.04 Å². The van der Waals surface area contributed by atoms with Crippen LogP contribution in [0.25, 0.3) is 10.9 Å². The summed E-state index contributed by atoms with van der Waals surface area (Å²) >= 11 is 0. The number of nitrogen functional groups attached to an aromatic ring is 1. The molecule has 2 N–H and O–H groups in total. The minimum atomic E-state index is -0.459. The van der Waals surface area contributed by atoms with Gasteiger partial charge in [0, 0.05) is 12.1 Å². The third-order valence-corrected chi connectivity index (χ3v) is 4.02. The van der Waals surface area contributed by atoms with Crippen molar-refractivity contribution in [2.24, 2.45) is 0 Å². The lowest BCUT2D eigenvalue weighted by Crippen LogP contribution is -2.34. The van der Waals surface area contributed by atoms with Crippen LogP contribution in [0.1, 0.15) is 31.1 Å². The summed E-state index contributed by atoms with van der Waals surface area (Å²) in [5.74, 6) is 0.566. The van der Waals surface area contributed by atoms with E-state index in [1.165, 1.54) is 4.57 Å². The predicted molar refractivity (Wildman–Crippen MR) is 82.2 cm³/mol. The number of ketones is 1. The predicted octanol–water partition coefficient (Wildman–Crippen LogP) is 2.14. The number of aromatic nitrogens is 2. The molecule has 1 aromatic heterocycles. The Morgan fingerprint density at radius 2 is 2.14 bits per heavy atom. The maximum Gasteiger partial charge on any atom is 0.264 e. The number of aryl methyl sites for hydroxylation is 1. The number of hydrogen-bond acceptors (Lipinski definition) is 4. The number of rotatable bonds is 1. The Morgan fingerprint density at radius 3 is 2.86 bits per heavy atom. The largest absolute Gasteiger partial charge is 0.398 e. The van der Waals surface area contributed by atoms with Gasteiger partial charge in [0.25, 0.3) is 5.56 Å². The van der Waals surface area contributed by atoms with Crippen LogP contribution in [0.5, 0.6) is 0 Å². The van der Waals surface area contributed by atoms with Crippen molar-refractivity contribution in [2.45, 2.75) is 32.2 Å². The van der Waals surface area contributed by atoms with Crippen LogP contribution >= 0.6 is 0 Å². The minimum Gasteiger partial charge on any atom is -0.398 e. The van der Waals surface area contributed by atoms with Gasteiger partial charge >= 0.3 is 0 Å². The molecule has 1 aliphatic rings. The smallest absolute Gasteiger partial charge is 0.264 e. The second-order valence-electron chi connectivity index (χ2n) is 5.52. The van der Waals surface area contributed by atoms with Gasteiger partial charge in [0.1, 0.15) is 5.82 Å². The first-order valence-electron chi connectivity index (χ1n) is 6.95. The van der Waals surface area contributed by atoms with E-state index in [0.717, 1.165) is 12.0 Å². The standard InChI is InChI=1S/C16H17N3O2/c1-9-6-7-13(14(20)8-9)19-10(2)18-12-5-3-4-11(17)15(12)16(19)21/h3-5,13H,1,6-8,17H2,2H3. The molecule has 1 saturated carbocycles. The van der Waals surface area contributed by atoms with Crippen molar-refractivity contribution >= 4 is 22.4 Å². The van der Waals surface area contributed by atoms with E-state index in [1.54, 1.807) is 25.1 Å². The first-order chi connectivity index (χ1) is 9.99. The number of hydrogen-bond donors (Lipinski definition) is 1. The molecule has 0 spiro atoms. The molecule has 3 rings (SSSR count). The topological polar surface area (TPSA) is 78.0 Å². The average molecular weight is 283 g/mol. The van der Waals surface area contributed by atoms with Crippen LogP contribution in [0.4, 0.5) is 5.69 Å². The van der Waals surface area contributed by atoms with Crippen molar-refractivity contribution in [3.05, 3.63) is 46.5 Å². The van der Waals surface area contributed by atoms with E-state index in [0.29, 0.717) is 35.3 Å². The van der Waals surface area contributed by atoms with Crippen molar-refractivity contribution in [2.75, 3.05) is 5.73 Å². The van der Waals surface area contributed by atoms with Crippen LogP contribution in [0.3, 0.4) is 0 Å². The van der Waals surface area contributed by atoms with Crippen molar-refractivity contribution < 1.29 is 4.79 Å². The van der Waals surface area contributed by atoms with Crippen molar-refractivity contribution in [3.8, 4) is 0 Å². The molecule has 2 aromatic rings. The van der Waals surface area contributed by atoms with E-state index in [-0.39, 0.29) is 11.3 Å². The van der Waals surface area contributed by atoms with Gasteiger partial charge in [0.05, 0.1) is 16.9 Å². The van der Waals surface area contributed by atoms with Gasteiger partial charge < -0.3 is 5.73 Å². The maximum atomic E-state index is 12.8. The molecule has 0 saturated heterocycles. The molecule has 5 heteroatoms. The number of nitrogens with zero attached hydrogens (tertiary/aromatic N) is 2. The molecule has 21 heavy (non-hydrogen) atoms. The molecule has 0 radical (unpaired) electrons. The Bertz CT molecular complexity index is 820. The summed E-state index contributed by atoms with van der Waals surface area (Å²) < 4.78 is 1.49. The second-order valence-corrected chi connectivity index (χ2v) is 5.52. The average Bonchev–Trinajstić information content (AvgIpc) is 2.40. The molecular weight excluding hydrogens is 266 g/mol. The highest BCUT2D eigenvalue weighted by molar-refractivity contribution is 5.90. The number of nitrogens with two attached hydrogens (primary N) is 1. The van der Waals surface area contributed by atoms with Crippen LogP contribution in [0, 0.1) is 6.92 Å². The number of carbonyl (C=O) groups is 1. The zero-order chi connectivity index (χ0) is 15.1. The first kappa shape index (κ1) is 13.5. The number of benzene rings is 1. The number of carbonyl (C=O) groups excluding carboxylic acids is 1. The monoisotopic (exact) mass is 283 g/mol. The van der Waals surface area contributed by atoms with Gasteiger partial charge in [-0.25, -0.2) is 4.98 Å². The minimum absolute atomic E-state index is 0.0205. The van der Waals surface area contributed by atoms with Crippen molar-refractivity contribution in [1.29, 1.82) is 0 Å². The number of Topliss-reactive ketones (excluding diaryl/α,β-unsaturated/α-hetero) is 1. The fourth-order valence-corrected chi connectivity index (χ4v) is 2.97. The Balaban J connectivity index is 2.24. The summed E-state index contributed by atoms with van der Waals surface area (Å²) in [6.45, 7) is 5.61. The van der Waals surface area contributed by atoms with Crippen LogP contribution < -0.4 is 11.3 Å². The van der Waals surface area contributed by atoms with Crippen LogP contribution in [0.2, 0.25) is 0 Å². The second kappa shape index (κ2) is 4.84. The Labute approximate surface area is 122 Å². The Hall–Kier alpha value is -2.43. The molecule has 1 atom stereocenters. The number of allylic oxidation sites excluding steroid dienone is 1. The van der Waals surface area contributed by atoms with Crippen molar-refractivity contribution in [3.63, 3.8) is 0 Å². The van der Waals surface area contributed by atoms with Gasteiger partial charge in [-0.2, -0.15) is 0 Å². The number of anilines is 1. The normalized spacial score (nSPS) is 19.2. The highest BCUT2D eigenvalue weighted by Crippen LogP contribution is 2.28. The van der Waals surface area contributed by atoms with Crippen molar-refractivity contribution in [1.82, 2.24) is 9.55 Å². The van der Waals surface area contributed by atoms with E-state index in [2.05, 4.69) is 11.6 Å². The lowest BCUT2D eigenvalue weighted by atomic mass is 9.90. The van der Waals surface area contributed by atoms with Crippen LogP contribution in [-0.4, -0.2) is 15.3 Å². The van der Waals surface area contributed by atoms with Gasteiger partial charge in [-0.05, 0) is 31.9 Å². The molecule has 1 aliphatic carbocycles. The summed E-state index contributed by atoms with van der Waals surface area (Å²) in [4.78, 5) is 29.5. The highest BCUT2D eigenvalue weighted by Gasteiger charge is 2.28. The molecule has 5 nitrogen and oxygen atoms in total. The Kier molecular flexibility index (Phi) is 3.12. The summed E-state index contributed by atoms with van der Waals surface area (Å²) in [5.41, 5.74) is 7.57. The van der Waals surface area contributed by atoms with Crippen LogP contribution in [-0.2, 0) is 4.79 Å². The molecule has 1 unspecified atom stereocenters.